The minimum absolute atomic E-state index is 0.971. The summed E-state index contributed by atoms with van der Waals surface area (Å²) >= 11 is 0. The fourth-order valence-corrected chi connectivity index (χ4v) is 3.69. The van der Waals surface area contributed by atoms with Gasteiger partial charge >= 0.3 is 0 Å². The van der Waals surface area contributed by atoms with Crippen molar-refractivity contribution in [2.24, 2.45) is 11.8 Å². The third-order valence-corrected chi connectivity index (χ3v) is 4.87. The lowest BCUT2D eigenvalue weighted by Crippen LogP contribution is -2.34. The number of hydrogen-bond donors (Lipinski definition) is 1. The topological polar surface area (TPSA) is 15.3 Å². The van der Waals surface area contributed by atoms with Gasteiger partial charge in [-0.2, -0.15) is 0 Å². The van der Waals surface area contributed by atoms with Gasteiger partial charge in [0.25, 0.3) is 0 Å². The van der Waals surface area contributed by atoms with Crippen LogP contribution in [0.4, 0.5) is 0 Å². The van der Waals surface area contributed by atoms with Crippen molar-refractivity contribution in [1.82, 2.24) is 10.2 Å². The van der Waals surface area contributed by atoms with Crippen molar-refractivity contribution in [3.8, 4) is 0 Å². The summed E-state index contributed by atoms with van der Waals surface area (Å²) in [4.78, 5) is 2.53. The van der Waals surface area contributed by atoms with E-state index in [1.54, 1.807) is 0 Å². The summed E-state index contributed by atoms with van der Waals surface area (Å²) in [6.45, 7) is 4.99. The highest BCUT2D eigenvalue weighted by Gasteiger charge is 2.16. The molecule has 0 atom stereocenters. The molecule has 0 aliphatic heterocycles. The van der Waals surface area contributed by atoms with E-state index in [9.17, 15) is 0 Å². The van der Waals surface area contributed by atoms with Crippen LogP contribution in [0, 0.1) is 11.8 Å². The summed E-state index contributed by atoms with van der Waals surface area (Å²) in [7, 11) is 2.29. The molecular formula is C16H32N2. The Bertz CT molecular complexity index is 205. The van der Waals surface area contributed by atoms with Gasteiger partial charge in [0.05, 0.1) is 0 Å². The molecule has 0 aromatic heterocycles. The first-order valence-electron chi connectivity index (χ1n) is 8.24. The highest BCUT2D eigenvalue weighted by Crippen LogP contribution is 2.25. The second kappa shape index (κ2) is 8.16. The van der Waals surface area contributed by atoms with Gasteiger partial charge in [0, 0.05) is 19.6 Å². The maximum absolute atomic E-state index is 3.67. The van der Waals surface area contributed by atoms with E-state index in [-0.39, 0.29) is 0 Å². The van der Waals surface area contributed by atoms with Crippen molar-refractivity contribution in [1.29, 1.82) is 0 Å². The minimum Gasteiger partial charge on any atom is -0.315 e. The van der Waals surface area contributed by atoms with Crippen LogP contribution < -0.4 is 5.32 Å². The summed E-state index contributed by atoms with van der Waals surface area (Å²) in [5, 5.41) is 3.67. The Morgan fingerprint density at radius 3 is 2.22 bits per heavy atom. The third-order valence-electron chi connectivity index (χ3n) is 4.87. The van der Waals surface area contributed by atoms with E-state index in [1.807, 2.05) is 0 Å². The van der Waals surface area contributed by atoms with E-state index in [0.29, 0.717) is 0 Å². The van der Waals surface area contributed by atoms with E-state index < -0.39 is 0 Å². The number of hydrogen-bond acceptors (Lipinski definition) is 2. The first-order chi connectivity index (χ1) is 8.84. The Balaban J connectivity index is 1.46. The van der Waals surface area contributed by atoms with Gasteiger partial charge in [-0.15, -0.1) is 0 Å². The molecule has 0 heterocycles. The maximum atomic E-state index is 3.67. The zero-order valence-electron chi connectivity index (χ0n) is 12.3. The predicted molar refractivity (Wildman–Crippen MR) is 78.9 cm³/mol. The standard InChI is InChI=1S/C16H32N2/c1-18(14-16-9-5-6-10-16)12-11-17-13-15-7-3-2-4-8-15/h15-17H,2-14H2,1H3. The van der Waals surface area contributed by atoms with Crippen LogP contribution in [-0.4, -0.2) is 38.1 Å². The summed E-state index contributed by atoms with van der Waals surface area (Å²) in [6, 6.07) is 0. The minimum atomic E-state index is 0.971. The van der Waals surface area contributed by atoms with E-state index in [2.05, 4.69) is 17.3 Å². The van der Waals surface area contributed by atoms with E-state index in [0.717, 1.165) is 11.8 Å². The molecule has 106 valence electrons. The zero-order valence-corrected chi connectivity index (χ0v) is 12.3. The third kappa shape index (κ3) is 5.27. The molecule has 0 radical (unpaired) electrons. The second-order valence-electron chi connectivity index (χ2n) is 6.62. The van der Waals surface area contributed by atoms with Crippen LogP contribution in [0.5, 0.6) is 0 Å². The molecule has 2 nitrogen and oxygen atoms in total. The summed E-state index contributed by atoms with van der Waals surface area (Å²) < 4.78 is 0. The van der Waals surface area contributed by atoms with Crippen LogP contribution >= 0.6 is 0 Å². The number of likely N-dealkylation sites (N-methyl/N-ethyl adjacent to an activating group) is 1. The summed E-state index contributed by atoms with van der Waals surface area (Å²) in [6.07, 6.45) is 13.2. The maximum Gasteiger partial charge on any atom is 0.0104 e. The Kier molecular flexibility index (Phi) is 6.50. The molecule has 0 aromatic carbocycles. The van der Waals surface area contributed by atoms with Gasteiger partial charge in [0.15, 0.2) is 0 Å². The van der Waals surface area contributed by atoms with Gasteiger partial charge in [-0.25, -0.2) is 0 Å². The lowest BCUT2D eigenvalue weighted by Gasteiger charge is -2.24. The monoisotopic (exact) mass is 252 g/mol. The van der Waals surface area contributed by atoms with Crippen molar-refractivity contribution < 1.29 is 0 Å². The highest BCUT2D eigenvalue weighted by molar-refractivity contribution is 4.71. The number of rotatable bonds is 7. The fourth-order valence-electron chi connectivity index (χ4n) is 3.69. The summed E-state index contributed by atoms with van der Waals surface area (Å²) in [5.74, 6) is 1.97. The van der Waals surface area contributed by atoms with Gasteiger partial charge in [0.1, 0.15) is 0 Å². The first kappa shape index (κ1) is 14.3. The van der Waals surface area contributed by atoms with Gasteiger partial charge in [0.2, 0.25) is 0 Å². The first-order valence-corrected chi connectivity index (χ1v) is 8.24. The van der Waals surface area contributed by atoms with Gasteiger partial charge in [-0.1, -0.05) is 32.1 Å². The quantitative estimate of drug-likeness (QED) is 0.700. The smallest absolute Gasteiger partial charge is 0.0104 e. The normalized spacial score (nSPS) is 23.0. The molecule has 0 unspecified atom stereocenters. The average Bonchev–Trinajstić information content (AvgIpc) is 2.89. The van der Waals surface area contributed by atoms with E-state index in [1.165, 1.54) is 84.0 Å². The van der Waals surface area contributed by atoms with Crippen molar-refractivity contribution in [2.45, 2.75) is 57.8 Å². The highest BCUT2D eigenvalue weighted by atomic mass is 15.1. The Morgan fingerprint density at radius 1 is 0.889 bits per heavy atom. The van der Waals surface area contributed by atoms with Crippen molar-refractivity contribution >= 4 is 0 Å². The number of nitrogens with one attached hydrogen (secondary N) is 1. The Hall–Kier alpha value is -0.0800. The van der Waals surface area contributed by atoms with Crippen LogP contribution in [0.25, 0.3) is 0 Å². The molecule has 2 aliphatic rings. The molecule has 2 saturated carbocycles. The van der Waals surface area contributed by atoms with E-state index >= 15 is 0 Å². The molecular weight excluding hydrogens is 220 g/mol. The SMILES string of the molecule is CN(CCNCC1CCCCC1)CC1CCCC1. The Labute approximate surface area is 114 Å². The number of nitrogens with zero attached hydrogens (tertiary/aromatic N) is 1. The predicted octanol–water partition coefficient (Wildman–Crippen LogP) is 3.28. The lowest BCUT2D eigenvalue weighted by atomic mass is 9.89. The molecule has 0 aromatic rings. The second-order valence-corrected chi connectivity index (χ2v) is 6.62. The van der Waals surface area contributed by atoms with Crippen LogP contribution in [-0.2, 0) is 0 Å². The molecule has 2 fully saturated rings. The lowest BCUT2D eigenvalue weighted by molar-refractivity contribution is 0.270. The summed E-state index contributed by atoms with van der Waals surface area (Å²) in [5.41, 5.74) is 0. The van der Waals surface area contributed by atoms with Crippen molar-refractivity contribution in [2.75, 3.05) is 33.2 Å². The molecule has 0 spiro atoms. The van der Waals surface area contributed by atoms with Crippen molar-refractivity contribution in [3.63, 3.8) is 0 Å². The van der Waals surface area contributed by atoms with Crippen molar-refractivity contribution in [3.05, 3.63) is 0 Å². The van der Waals surface area contributed by atoms with Crippen LogP contribution in [0.3, 0.4) is 0 Å². The van der Waals surface area contributed by atoms with Crippen LogP contribution in [0.1, 0.15) is 57.8 Å². The van der Waals surface area contributed by atoms with Crippen LogP contribution in [0.2, 0.25) is 0 Å². The molecule has 2 rings (SSSR count). The molecule has 1 N–H and O–H groups in total. The molecule has 0 amide bonds. The molecule has 18 heavy (non-hydrogen) atoms. The van der Waals surface area contributed by atoms with Gasteiger partial charge in [-0.3, -0.25) is 0 Å². The van der Waals surface area contributed by atoms with Gasteiger partial charge < -0.3 is 10.2 Å². The van der Waals surface area contributed by atoms with E-state index in [4.69, 9.17) is 0 Å². The molecule has 2 heteroatoms. The zero-order chi connectivity index (χ0) is 12.6. The average molecular weight is 252 g/mol. The fraction of sp³-hybridized carbons (Fsp3) is 1.00. The molecule has 2 aliphatic carbocycles. The Morgan fingerprint density at radius 2 is 1.50 bits per heavy atom. The van der Waals surface area contributed by atoms with Gasteiger partial charge in [-0.05, 0) is 51.1 Å². The molecule has 0 saturated heterocycles. The molecule has 0 bridgehead atoms. The largest absolute Gasteiger partial charge is 0.315 e. The van der Waals surface area contributed by atoms with Crippen LogP contribution in [0.15, 0.2) is 0 Å².